The van der Waals surface area contributed by atoms with Crippen molar-refractivity contribution in [2.24, 2.45) is 4.99 Å². The molecule has 138 valence electrons. The summed E-state index contributed by atoms with van der Waals surface area (Å²) in [5.74, 6) is 1.73. The van der Waals surface area contributed by atoms with Gasteiger partial charge in [-0.25, -0.2) is 10.1 Å². The predicted molar refractivity (Wildman–Crippen MR) is 102 cm³/mol. The van der Waals surface area contributed by atoms with Gasteiger partial charge in [-0.3, -0.25) is 4.79 Å². The maximum absolute atomic E-state index is 11.1. The molecule has 0 aliphatic heterocycles. The number of anilines is 1. The van der Waals surface area contributed by atoms with E-state index in [1.165, 1.54) is 13.3 Å². The summed E-state index contributed by atoms with van der Waals surface area (Å²) in [5.41, 5.74) is 2.48. The molecule has 0 saturated heterocycles. The van der Waals surface area contributed by atoms with Crippen molar-refractivity contribution in [2.75, 3.05) is 12.4 Å². The zero-order chi connectivity index (χ0) is 19.1. The summed E-state index contributed by atoms with van der Waals surface area (Å²) in [4.78, 5) is 19.2. The van der Waals surface area contributed by atoms with Crippen LogP contribution in [-0.2, 0) is 11.4 Å². The van der Waals surface area contributed by atoms with Crippen LogP contribution in [0.4, 0.5) is 11.6 Å². The van der Waals surface area contributed by atoms with Crippen LogP contribution < -0.4 is 14.8 Å². The minimum atomic E-state index is -0.114. The number of aromatic nitrogens is 3. The van der Waals surface area contributed by atoms with Crippen molar-refractivity contribution in [2.45, 2.75) is 13.5 Å². The van der Waals surface area contributed by atoms with E-state index in [1.54, 1.807) is 37.6 Å². The van der Waals surface area contributed by atoms with Gasteiger partial charge in [0, 0.05) is 24.4 Å². The lowest BCUT2D eigenvalue weighted by Gasteiger charge is -2.11. The van der Waals surface area contributed by atoms with E-state index in [1.807, 2.05) is 18.2 Å². The van der Waals surface area contributed by atoms with E-state index >= 15 is 0 Å². The Kier molecular flexibility index (Phi) is 5.78. The highest BCUT2D eigenvalue weighted by atomic mass is 16.5. The van der Waals surface area contributed by atoms with Gasteiger partial charge in [-0.05, 0) is 48.0 Å². The number of ether oxygens (including phenoxy) is 2. The molecule has 2 aromatic carbocycles. The molecule has 0 unspecified atom stereocenters. The molecular formula is C19H19N5O3. The summed E-state index contributed by atoms with van der Waals surface area (Å²) < 4.78 is 11.2. The second-order valence-electron chi connectivity index (χ2n) is 5.63. The number of carbonyl (C=O) groups is 1. The number of H-pyrrole nitrogens is 1. The Morgan fingerprint density at radius 1 is 1.26 bits per heavy atom. The fraction of sp³-hybridized carbons (Fsp3) is 0.158. The average molecular weight is 365 g/mol. The molecule has 8 nitrogen and oxygen atoms in total. The molecule has 1 aromatic heterocycles. The number of benzene rings is 2. The molecule has 3 rings (SSSR count). The molecule has 1 heterocycles. The molecule has 0 radical (unpaired) electrons. The number of amides is 1. The molecule has 8 heteroatoms. The van der Waals surface area contributed by atoms with E-state index < -0.39 is 0 Å². The molecule has 0 atom stereocenters. The highest BCUT2D eigenvalue weighted by Gasteiger charge is 2.06. The van der Waals surface area contributed by atoms with Gasteiger partial charge in [0.15, 0.2) is 0 Å². The number of aromatic amines is 1. The molecule has 27 heavy (non-hydrogen) atoms. The molecule has 0 saturated carbocycles. The van der Waals surface area contributed by atoms with Crippen LogP contribution in [0.5, 0.6) is 11.5 Å². The molecular weight excluding hydrogens is 346 g/mol. The van der Waals surface area contributed by atoms with Crippen LogP contribution in [0, 0.1) is 0 Å². The number of methoxy groups -OCH3 is 1. The monoisotopic (exact) mass is 365 g/mol. The van der Waals surface area contributed by atoms with E-state index in [0.717, 1.165) is 22.6 Å². The largest absolute Gasteiger partial charge is 0.496 e. The van der Waals surface area contributed by atoms with E-state index in [9.17, 15) is 4.79 Å². The zero-order valence-electron chi connectivity index (χ0n) is 15.0. The lowest BCUT2D eigenvalue weighted by molar-refractivity contribution is -0.114. The van der Waals surface area contributed by atoms with Gasteiger partial charge >= 0.3 is 0 Å². The van der Waals surface area contributed by atoms with Crippen molar-refractivity contribution in [1.82, 2.24) is 15.2 Å². The summed E-state index contributed by atoms with van der Waals surface area (Å²) >= 11 is 0. The highest BCUT2D eigenvalue weighted by molar-refractivity contribution is 5.88. The second kappa shape index (κ2) is 8.61. The lowest BCUT2D eigenvalue weighted by atomic mass is 10.1. The fourth-order valence-corrected chi connectivity index (χ4v) is 2.39. The topological polar surface area (TPSA) is 101 Å². The molecule has 0 bridgehead atoms. The molecule has 0 aliphatic carbocycles. The number of aliphatic imine (C=N–C) groups is 1. The van der Waals surface area contributed by atoms with Gasteiger partial charge in [0.2, 0.25) is 11.9 Å². The van der Waals surface area contributed by atoms with Gasteiger partial charge in [0.1, 0.15) is 24.4 Å². The molecule has 2 N–H and O–H groups in total. The predicted octanol–water partition coefficient (Wildman–Crippen LogP) is 3.10. The Labute approximate surface area is 156 Å². The number of nitrogens with one attached hydrogen (secondary N) is 2. The van der Waals surface area contributed by atoms with Crippen molar-refractivity contribution in [1.29, 1.82) is 0 Å². The van der Waals surface area contributed by atoms with Gasteiger partial charge in [0.25, 0.3) is 0 Å². The van der Waals surface area contributed by atoms with Crippen molar-refractivity contribution in [3.63, 3.8) is 0 Å². The van der Waals surface area contributed by atoms with Crippen LogP contribution in [0.15, 0.2) is 53.8 Å². The number of rotatable bonds is 7. The number of hydrogen-bond donors (Lipinski definition) is 2. The average Bonchev–Trinajstić information content (AvgIpc) is 3.19. The van der Waals surface area contributed by atoms with Crippen molar-refractivity contribution in [3.8, 4) is 11.5 Å². The van der Waals surface area contributed by atoms with Gasteiger partial charge in [0.05, 0.1) is 7.11 Å². The van der Waals surface area contributed by atoms with Crippen LogP contribution in [0.25, 0.3) is 0 Å². The van der Waals surface area contributed by atoms with Crippen molar-refractivity contribution < 1.29 is 14.3 Å². The van der Waals surface area contributed by atoms with Crippen LogP contribution in [-0.4, -0.2) is 34.4 Å². The third kappa shape index (κ3) is 5.15. The van der Waals surface area contributed by atoms with E-state index in [2.05, 4.69) is 25.5 Å². The first-order valence-corrected chi connectivity index (χ1v) is 8.21. The molecule has 0 aliphatic rings. The summed E-state index contributed by atoms with van der Waals surface area (Å²) in [6.45, 7) is 1.79. The van der Waals surface area contributed by atoms with Crippen LogP contribution in [0.1, 0.15) is 18.1 Å². The first-order valence-electron chi connectivity index (χ1n) is 8.21. The number of hydrogen-bond acceptors (Lipinski definition) is 6. The smallest absolute Gasteiger partial charge is 0.245 e. The minimum Gasteiger partial charge on any atom is -0.496 e. The molecule has 0 spiro atoms. The Morgan fingerprint density at radius 2 is 2.07 bits per heavy atom. The summed E-state index contributed by atoms with van der Waals surface area (Å²) in [5, 5.41) is 9.14. The molecule has 0 fully saturated rings. The zero-order valence-corrected chi connectivity index (χ0v) is 15.0. The van der Waals surface area contributed by atoms with Gasteiger partial charge < -0.3 is 14.8 Å². The SMILES string of the molecule is COc1ccc(/C=N/c2ncn[nH]2)cc1COc1ccc(NC(C)=O)cc1. The summed E-state index contributed by atoms with van der Waals surface area (Å²) in [7, 11) is 1.61. The van der Waals surface area contributed by atoms with E-state index in [-0.39, 0.29) is 5.91 Å². The Balaban J connectivity index is 1.69. The van der Waals surface area contributed by atoms with Crippen molar-refractivity contribution in [3.05, 3.63) is 59.9 Å². The van der Waals surface area contributed by atoms with Crippen LogP contribution >= 0.6 is 0 Å². The van der Waals surface area contributed by atoms with Crippen molar-refractivity contribution >= 4 is 23.8 Å². The highest BCUT2D eigenvalue weighted by Crippen LogP contribution is 2.23. The molecule has 3 aromatic rings. The van der Waals surface area contributed by atoms with E-state index in [4.69, 9.17) is 9.47 Å². The standard InChI is InChI=1S/C19H19N5O3/c1-13(25)23-16-4-6-17(7-5-16)27-11-15-9-14(3-8-18(15)26-2)10-20-19-21-12-22-24-19/h3-10,12H,11H2,1-2H3,(H,23,25)(H,21,22,24)/b20-10+. The summed E-state index contributed by atoms with van der Waals surface area (Å²) in [6, 6.07) is 12.9. The second-order valence-corrected chi connectivity index (χ2v) is 5.63. The third-order valence-corrected chi connectivity index (χ3v) is 3.61. The van der Waals surface area contributed by atoms with Gasteiger partial charge in [-0.1, -0.05) is 0 Å². The Morgan fingerprint density at radius 3 is 2.74 bits per heavy atom. The normalized spacial score (nSPS) is 10.7. The van der Waals surface area contributed by atoms with Crippen LogP contribution in [0.2, 0.25) is 0 Å². The fourth-order valence-electron chi connectivity index (χ4n) is 2.39. The molecule has 1 amide bonds. The van der Waals surface area contributed by atoms with Gasteiger partial charge in [-0.2, -0.15) is 10.1 Å². The van der Waals surface area contributed by atoms with E-state index in [0.29, 0.717) is 18.3 Å². The number of nitrogens with zero attached hydrogens (tertiary/aromatic N) is 3. The first-order chi connectivity index (χ1) is 13.1. The Bertz CT molecular complexity index is 921. The Hall–Kier alpha value is -3.68. The number of carbonyl (C=O) groups excluding carboxylic acids is 1. The third-order valence-electron chi connectivity index (χ3n) is 3.61. The maximum Gasteiger partial charge on any atom is 0.245 e. The quantitative estimate of drug-likeness (QED) is 0.627. The lowest BCUT2D eigenvalue weighted by Crippen LogP contribution is -2.05. The maximum atomic E-state index is 11.1. The van der Waals surface area contributed by atoms with Gasteiger partial charge in [-0.15, -0.1) is 0 Å². The minimum absolute atomic E-state index is 0.114. The summed E-state index contributed by atoms with van der Waals surface area (Å²) in [6.07, 6.45) is 3.09. The first kappa shape index (κ1) is 18.1. The van der Waals surface area contributed by atoms with Crippen LogP contribution in [0.3, 0.4) is 0 Å².